The molecule has 0 aliphatic carbocycles. The molecule has 7 nitrogen and oxygen atoms in total. The number of amides is 2. The number of aliphatic hydroxyl groups is 1. The fourth-order valence-corrected chi connectivity index (χ4v) is 5.26. The molecule has 36 heavy (non-hydrogen) atoms. The van der Waals surface area contributed by atoms with Gasteiger partial charge in [-0.3, -0.25) is 14.9 Å². The van der Waals surface area contributed by atoms with Crippen LogP contribution in [0.4, 0.5) is 0 Å². The van der Waals surface area contributed by atoms with E-state index < -0.39 is 23.5 Å². The fraction of sp³-hybridized carbons (Fsp3) is 0.310. The van der Waals surface area contributed by atoms with Gasteiger partial charge in [-0.1, -0.05) is 37.1 Å². The summed E-state index contributed by atoms with van der Waals surface area (Å²) >= 11 is 0. The Kier molecular flexibility index (Phi) is 5.85. The highest BCUT2D eigenvalue weighted by molar-refractivity contribution is 6.50. The van der Waals surface area contributed by atoms with E-state index in [1.165, 1.54) is 0 Å². The summed E-state index contributed by atoms with van der Waals surface area (Å²) in [6.45, 7) is 8.22. The second kappa shape index (κ2) is 8.76. The highest BCUT2D eigenvalue weighted by Gasteiger charge is 2.36. The standard InChI is InChI=1S/C29H32N4O3/c1-5-29(30,6-2)24(34)15-33-14-21(19-12-17(4)8-10-23(19)33)26-25(27(35)32-28(26)36)20-13-31-22-9-7-16(3)11-18(20)22/h7-14,24,31,34H,5-6,15,30H2,1-4H3,(H,32,35,36). The minimum absolute atomic E-state index is 0.280. The highest BCUT2D eigenvalue weighted by Crippen LogP contribution is 2.39. The molecule has 2 aromatic carbocycles. The Morgan fingerprint density at radius 2 is 1.56 bits per heavy atom. The maximum absolute atomic E-state index is 13.2. The van der Waals surface area contributed by atoms with E-state index in [-0.39, 0.29) is 6.54 Å². The van der Waals surface area contributed by atoms with Crippen LogP contribution in [-0.2, 0) is 16.1 Å². The minimum atomic E-state index is -0.777. The number of H-pyrrole nitrogens is 1. The number of aromatic amines is 1. The molecule has 0 bridgehead atoms. The van der Waals surface area contributed by atoms with E-state index in [1.54, 1.807) is 6.20 Å². The number of nitrogens with one attached hydrogen (secondary N) is 2. The number of fused-ring (bicyclic) bond motifs is 2. The van der Waals surface area contributed by atoms with Gasteiger partial charge in [0.1, 0.15) is 0 Å². The molecule has 0 radical (unpaired) electrons. The zero-order valence-electron chi connectivity index (χ0n) is 21.1. The summed E-state index contributed by atoms with van der Waals surface area (Å²) in [4.78, 5) is 29.6. The van der Waals surface area contributed by atoms with E-state index in [0.717, 1.165) is 32.9 Å². The van der Waals surface area contributed by atoms with Crippen LogP contribution in [0.2, 0.25) is 0 Å². The number of carbonyl (C=O) groups is 2. The molecule has 1 aliphatic rings. The molecule has 3 heterocycles. The van der Waals surface area contributed by atoms with E-state index in [4.69, 9.17) is 5.73 Å². The predicted molar refractivity (Wildman–Crippen MR) is 143 cm³/mol. The lowest BCUT2D eigenvalue weighted by molar-refractivity contribution is -0.122. The van der Waals surface area contributed by atoms with Crippen molar-refractivity contribution in [3.05, 3.63) is 71.0 Å². The van der Waals surface area contributed by atoms with Gasteiger partial charge in [-0.2, -0.15) is 0 Å². The number of carbonyl (C=O) groups excluding carboxylic acids is 2. The number of aryl methyl sites for hydroxylation is 2. The summed E-state index contributed by atoms with van der Waals surface area (Å²) in [5.74, 6) is -0.836. The molecule has 0 saturated heterocycles. The van der Waals surface area contributed by atoms with Crippen LogP contribution in [0.3, 0.4) is 0 Å². The lowest BCUT2D eigenvalue weighted by Gasteiger charge is -2.32. The smallest absolute Gasteiger partial charge is 0.259 e. The van der Waals surface area contributed by atoms with Crippen LogP contribution in [0.25, 0.3) is 33.0 Å². The first-order valence-corrected chi connectivity index (χ1v) is 12.4. The Morgan fingerprint density at radius 1 is 0.944 bits per heavy atom. The molecule has 7 heteroatoms. The molecular weight excluding hydrogens is 452 g/mol. The number of nitrogens with two attached hydrogens (primary N) is 1. The van der Waals surface area contributed by atoms with Crippen LogP contribution in [0, 0.1) is 13.8 Å². The zero-order valence-corrected chi connectivity index (χ0v) is 21.1. The average Bonchev–Trinajstić information content (AvgIpc) is 3.50. The Labute approximate surface area is 210 Å². The summed E-state index contributed by atoms with van der Waals surface area (Å²) in [7, 11) is 0. The first-order chi connectivity index (χ1) is 17.2. The van der Waals surface area contributed by atoms with Crippen molar-refractivity contribution in [2.75, 3.05) is 0 Å². The van der Waals surface area contributed by atoms with Crippen LogP contribution < -0.4 is 11.1 Å². The molecule has 5 N–H and O–H groups in total. The number of rotatable bonds is 7. The number of aliphatic hydroxyl groups excluding tert-OH is 1. The number of hydrogen-bond donors (Lipinski definition) is 4. The first kappa shape index (κ1) is 24.0. The van der Waals surface area contributed by atoms with E-state index in [1.807, 2.05) is 74.9 Å². The fourth-order valence-electron chi connectivity index (χ4n) is 5.26. The van der Waals surface area contributed by atoms with Crippen LogP contribution in [0.1, 0.15) is 48.9 Å². The molecule has 2 aromatic heterocycles. The third kappa shape index (κ3) is 3.75. The molecule has 0 spiro atoms. The molecule has 5 rings (SSSR count). The summed E-state index contributed by atoms with van der Waals surface area (Å²) in [6, 6.07) is 12.0. The first-order valence-electron chi connectivity index (χ1n) is 12.4. The topological polar surface area (TPSA) is 113 Å². The minimum Gasteiger partial charge on any atom is -0.389 e. The molecule has 1 atom stereocenters. The zero-order chi connectivity index (χ0) is 25.8. The Morgan fingerprint density at radius 3 is 2.22 bits per heavy atom. The predicted octanol–water partition coefficient (Wildman–Crippen LogP) is 4.19. The molecule has 0 fully saturated rings. The van der Waals surface area contributed by atoms with Crippen molar-refractivity contribution < 1.29 is 14.7 Å². The molecule has 186 valence electrons. The lowest BCUT2D eigenvalue weighted by atomic mass is 9.87. The monoisotopic (exact) mass is 484 g/mol. The molecular formula is C29H32N4O3. The normalized spacial score (nSPS) is 15.4. The SMILES string of the molecule is CCC(N)(CC)C(O)Cn1cc(C2=C(c3c[nH]c4ccc(C)cc34)C(=O)NC2=O)c2cc(C)ccc21. The van der Waals surface area contributed by atoms with Gasteiger partial charge in [0.2, 0.25) is 0 Å². The molecule has 4 aromatic rings. The molecule has 2 amide bonds. The molecule has 0 saturated carbocycles. The summed E-state index contributed by atoms with van der Waals surface area (Å²) in [5.41, 5.74) is 11.7. The largest absolute Gasteiger partial charge is 0.389 e. The second-order valence-corrected chi connectivity index (χ2v) is 9.96. The maximum atomic E-state index is 13.2. The third-order valence-electron chi connectivity index (χ3n) is 7.69. The van der Waals surface area contributed by atoms with Crippen molar-refractivity contribution in [1.29, 1.82) is 0 Å². The maximum Gasteiger partial charge on any atom is 0.259 e. The van der Waals surface area contributed by atoms with Gasteiger partial charge in [0.25, 0.3) is 11.8 Å². The Hall–Kier alpha value is -3.68. The van der Waals surface area contributed by atoms with Gasteiger partial charge in [-0.25, -0.2) is 0 Å². The van der Waals surface area contributed by atoms with Gasteiger partial charge in [0, 0.05) is 50.9 Å². The average molecular weight is 485 g/mol. The Bertz CT molecular complexity index is 1550. The van der Waals surface area contributed by atoms with E-state index in [9.17, 15) is 14.7 Å². The van der Waals surface area contributed by atoms with Crippen LogP contribution >= 0.6 is 0 Å². The lowest BCUT2D eigenvalue weighted by Crippen LogP contribution is -2.51. The molecule has 1 aliphatic heterocycles. The van der Waals surface area contributed by atoms with E-state index >= 15 is 0 Å². The number of hydrogen-bond acceptors (Lipinski definition) is 4. The Balaban J connectivity index is 1.74. The van der Waals surface area contributed by atoms with Crippen molar-refractivity contribution in [3.8, 4) is 0 Å². The summed E-state index contributed by atoms with van der Waals surface area (Å²) in [5, 5.41) is 15.3. The third-order valence-corrected chi connectivity index (χ3v) is 7.69. The quantitative estimate of drug-likeness (QED) is 0.295. The van der Waals surface area contributed by atoms with Crippen molar-refractivity contribution in [1.82, 2.24) is 14.9 Å². The van der Waals surface area contributed by atoms with Crippen LogP contribution in [0.15, 0.2) is 48.8 Å². The van der Waals surface area contributed by atoms with E-state index in [2.05, 4.69) is 10.3 Å². The van der Waals surface area contributed by atoms with Crippen molar-refractivity contribution in [2.24, 2.45) is 5.73 Å². The van der Waals surface area contributed by atoms with Gasteiger partial charge in [0.05, 0.1) is 23.8 Å². The van der Waals surface area contributed by atoms with Crippen LogP contribution in [0.5, 0.6) is 0 Å². The summed E-state index contributed by atoms with van der Waals surface area (Å²) in [6.07, 6.45) is 4.16. The van der Waals surface area contributed by atoms with Gasteiger partial charge in [-0.05, 0) is 51.0 Å². The number of aromatic nitrogens is 2. The van der Waals surface area contributed by atoms with Gasteiger partial charge in [0.15, 0.2) is 0 Å². The molecule has 1 unspecified atom stereocenters. The van der Waals surface area contributed by atoms with E-state index in [0.29, 0.717) is 35.1 Å². The van der Waals surface area contributed by atoms with Gasteiger partial charge in [-0.15, -0.1) is 0 Å². The van der Waals surface area contributed by atoms with Crippen molar-refractivity contribution in [2.45, 2.75) is 58.7 Å². The number of benzene rings is 2. The highest BCUT2D eigenvalue weighted by atomic mass is 16.3. The van der Waals surface area contributed by atoms with Crippen molar-refractivity contribution >= 4 is 44.8 Å². The van der Waals surface area contributed by atoms with Crippen molar-refractivity contribution in [3.63, 3.8) is 0 Å². The second-order valence-electron chi connectivity index (χ2n) is 9.96. The van der Waals surface area contributed by atoms with Gasteiger partial charge >= 0.3 is 0 Å². The summed E-state index contributed by atoms with van der Waals surface area (Å²) < 4.78 is 1.95. The number of imide groups is 1. The van der Waals surface area contributed by atoms with Gasteiger partial charge < -0.3 is 20.4 Å². The van der Waals surface area contributed by atoms with Crippen LogP contribution in [-0.4, -0.2) is 38.1 Å². The number of nitrogens with zero attached hydrogens (tertiary/aromatic N) is 1.